The van der Waals surface area contributed by atoms with Crippen molar-refractivity contribution in [1.82, 2.24) is 5.32 Å². The highest BCUT2D eigenvalue weighted by Gasteiger charge is 2.46. The lowest BCUT2D eigenvalue weighted by Gasteiger charge is -2.33. The van der Waals surface area contributed by atoms with Crippen LogP contribution in [0, 0.1) is 16.7 Å². The summed E-state index contributed by atoms with van der Waals surface area (Å²) in [5.74, 6) is -0.240. The predicted octanol–water partition coefficient (Wildman–Crippen LogP) is 1.41. The van der Waals surface area contributed by atoms with Gasteiger partial charge in [0, 0.05) is 6.54 Å². The largest absolute Gasteiger partial charge is 0.377 e. The van der Waals surface area contributed by atoms with Crippen molar-refractivity contribution in [3.63, 3.8) is 0 Å². The van der Waals surface area contributed by atoms with Crippen LogP contribution < -0.4 is 5.32 Å². The maximum Gasteiger partial charge on any atom is 0.245 e. The SMILES string of the molecule is CCc1ccc(CNC(=O)C2(C#N)COC2)cc1. The van der Waals surface area contributed by atoms with Crippen LogP contribution in [0.15, 0.2) is 24.3 Å². The van der Waals surface area contributed by atoms with E-state index in [9.17, 15) is 4.79 Å². The number of hydrogen-bond donors (Lipinski definition) is 1. The van der Waals surface area contributed by atoms with Crippen molar-refractivity contribution in [1.29, 1.82) is 5.26 Å². The number of rotatable bonds is 4. The molecule has 0 radical (unpaired) electrons. The summed E-state index contributed by atoms with van der Waals surface area (Å²) in [5, 5.41) is 11.8. The van der Waals surface area contributed by atoms with Gasteiger partial charge in [0.05, 0.1) is 19.3 Å². The molecule has 0 spiro atoms. The predicted molar refractivity (Wildman–Crippen MR) is 66.5 cm³/mol. The molecule has 4 heteroatoms. The lowest BCUT2D eigenvalue weighted by atomic mass is 9.87. The van der Waals surface area contributed by atoms with E-state index in [1.54, 1.807) is 0 Å². The number of hydrogen-bond acceptors (Lipinski definition) is 3. The number of nitriles is 1. The Labute approximate surface area is 107 Å². The quantitative estimate of drug-likeness (QED) is 0.871. The minimum Gasteiger partial charge on any atom is -0.377 e. The summed E-state index contributed by atoms with van der Waals surface area (Å²) in [6.07, 6.45) is 1.00. The fourth-order valence-corrected chi connectivity index (χ4v) is 1.80. The van der Waals surface area contributed by atoms with E-state index in [4.69, 9.17) is 10.00 Å². The molecular formula is C14H16N2O2. The van der Waals surface area contributed by atoms with Crippen molar-refractivity contribution >= 4 is 5.91 Å². The zero-order valence-electron chi connectivity index (χ0n) is 10.4. The number of aryl methyl sites for hydroxylation is 1. The smallest absolute Gasteiger partial charge is 0.245 e. The average molecular weight is 244 g/mol. The summed E-state index contributed by atoms with van der Waals surface area (Å²) in [6, 6.07) is 10.1. The number of benzene rings is 1. The monoisotopic (exact) mass is 244 g/mol. The van der Waals surface area contributed by atoms with Gasteiger partial charge in [0.2, 0.25) is 5.91 Å². The second kappa shape index (κ2) is 5.19. The van der Waals surface area contributed by atoms with Gasteiger partial charge in [0.15, 0.2) is 5.41 Å². The van der Waals surface area contributed by atoms with Crippen LogP contribution >= 0.6 is 0 Å². The first-order chi connectivity index (χ1) is 8.70. The Morgan fingerprint density at radius 3 is 2.44 bits per heavy atom. The standard InChI is InChI=1S/C14H16N2O2/c1-2-11-3-5-12(6-4-11)7-16-13(17)14(8-15)9-18-10-14/h3-6H,2,7,9-10H2,1H3,(H,16,17). The van der Waals surface area contributed by atoms with Gasteiger partial charge >= 0.3 is 0 Å². The van der Waals surface area contributed by atoms with Crippen molar-refractivity contribution in [2.24, 2.45) is 5.41 Å². The maximum absolute atomic E-state index is 11.9. The molecule has 0 aliphatic carbocycles. The van der Waals surface area contributed by atoms with E-state index >= 15 is 0 Å². The Bertz CT molecular complexity index is 470. The molecule has 0 bridgehead atoms. The minimum absolute atomic E-state index is 0.199. The first kappa shape index (κ1) is 12.6. The van der Waals surface area contributed by atoms with E-state index in [1.165, 1.54) is 5.56 Å². The van der Waals surface area contributed by atoms with E-state index in [-0.39, 0.29) is 19.1 Å². The van der Waals surface area contributed by atoms with Gasteiger partial charge in [-0.05, 0) is 17.5 Å². The Hall–Kier alpha value is -1.86. The second-order valence-corrected chi connectivity index (χ2v) is 4.54. The van der Waals surface area contributed by atoms with Crippen molar-refractivity contribution in [2.45, 2.75) is 19.9 Å². The summed E-state index contributed by atoms with van der Waals surface area (Å²) in [5.41, 5.74) is 1.34. The lowest BCUT2D eigenvalue weighted by molar-refractivity contribution is -0.150. The molecule has 1 N–H and O–H groups in total. The van der Waals surface area contributed by atoms with Crippen LogP contribution in [0.4, 0.5) is 0 Å². The Morgan fingerprint density at radius 2 is 2.00 bits per heavy atom. The molecule has 1 saturated heterocycles. The van der Waals surface area contributed by atoms with Crippen LogP contribution in [0.25, 0.3) is 0 Å². The minimum atomic E-state index is -0.969. The molecule has 1 aliphatic heterocycles. The Morgan fingerprint density at radius 1 is 1.39 bits per heavy atom. The zero-order chi connectivity index (χ0) is 13.0. The van der Waals surface area contributed by atoms with Crippen LogP contribution in [0.1, 0.15) is 18.1 Å². The molecule has 0 unspecified atom stereocenters. The summed E-state index contributed by atoms with van der Waals surface area (Å²) in [6.45, 7) is 2.95. The molecule has 4 nitrogen and oxygen atoms in total. The van der Waals surface area contributed by atoms with Crippen molar-refractivity contribution in [3.8, 4) is 6.07 Å². The van der Waals surface area contributed by atoms with Crippen LogP contribution in [-0.4, -0.2) is 19.1 Å². The van der Waals surface area contributed by atoms with Gasteiger partial charge in [-0.2, -0.15) is 5.26 Å². The van der Waals surface area contributed by atoms with Gasteiger partial charge in [-0.3, -0.25) is 4.79 Å². The molecule has 1 heterocycles. The van der Waals surface area contributed by atoms with Crippen molar-refractivity contribution in [3.05, 3.63) is 35.4 Å². The van der Waals surface area contributed by atoms with Crippen LogP contribution in [0.2, 0.25) is 0 Å². The van der Waals surface area contributed by atoms with Gasteiger partial charge in [-0.1, -0.05) is 31.2 Å². The summed E-state index contributed by atoms with van der Waals surface area (Å²) >= 11 is 0. The molecule has 94 valence electrons. The van der Waals surface area contributed by atoms with Gasteiger partial charge in [0.25, 0.3) is 0 Å². The number of carbonyl (C=O) groups excluding carboxylic acids is 1. The topological polar surface area (TPSA) is 62.1 Å². The molecule has 0 saturated carbocycles. The summed E-state index contributed by atoms with van der Waals surface area (Å²) in [4.78, 5) is 11.9. The molecular weight excluding hydrogens is 228 g/mol. The summed E-state index contributed by atoms with van der Waals surface area (Å²) in [7, 11) is 0. The van der Waals surface area contributed by atoms with Crippen LogP contribution in [0.5, 0.6) is 0 Å². The third kappa shape index (κ3) is 2.36. The lowest BCUT2D eigenvalue weighted by Crippen LogP contribution is -2.52. The first-order valence-corrected chi connectivity index (χ1v) is 6.05. The first-order valence-electron chi connectivity index (χ1n) is 6.05. The third-order valence-electron chi connectivity index (χ3n) is 3.23. The van der Waals surface area contributed by atoms with Crippen LogP contribution in [-0.2, 0) is 22.5 Å². The van der Waals surface area contributed by atoms with Crippen molar-refractivity contribution < 1.29 is 9.53 Å². The van der Waals surface area contributed by atoms with Crippen molar-refractivity contribution in [2.75, 3.05) is 13.2 Å². The van der Waals surface area contributed by atoms with E-state index in [0.717, 1.165) is 12.0 Å². The fraction of sp³-hybridized carbons (Fsp3) is 0.429. The Balaban J connectivity index is 1.91. The molecule has 2 rings (SSSR count). The highest BCUT2D eigenvalue weighted by atomic mass is 16.5. The fourth-order valence-electron chi connectivity index (χ4n) is 1.80. The highest BCUT2D eigenvalue weighted by molar-refractivity contribution is 5.86. The molecule has 18 heavy (non-hydrogen) atoms. The van der Waals surface area contributed by atoms with Crippen LogP contribution in [0.3, 0.4) is 0 Å². The Kier molecular flexibility index (Phi) is 3.63. The van der Waals surface area contributed by atoms with Gasteiger partial charge in [-0.25, -0.2) is 0 Å². The van der Waals surface area contributed by atoms with E-state index in [0.29, 0.717) is 6.54 Å². The molecule has 1 aromatic rings. The number of ether oxygens (including phenoxy) is 1. The van der Waals surface area contributed by atoms with E-state index < -0.39 is 5.41 Å². The molecule has 1 amide bonds. The summed E-state index contributed by atoms with van der Waals surface area (Å²) < 4.78 is 4.95. The number of amides is 1. The van der Waals surface area contributed by atoms with Gasteiger partial charge < -0.3 is 10.1 Å². The molecule has 0 atom stereocenters. The number of nitrogens with zero attached hydrogens (tertiary/aromatic N) is 1. The highest BCUT2D eigenvalue weighted by Crippen LogP contribution is 2.26. The van der Waals surface area contributed by atoms with E-state index in [2.05, 4.69) is 12.2 Å². The number of carbonyl (C=O) groups is 1. The van der Waals surface area contributed by atoms with E-state index in [1.807, 2.05) is 30.3 Å². The molecule has 1 fully saturated rings. The molecule has 0 aromatic heterocycles. The molecule has 1 aromatic carbocycles. The average Bonchev–Trinajstić information content (AvgIpc) is 2.36. The number of nitrogens with one attached hydrogen (secondary N) is 1. The maximum atomic E-state index is 11.9. The second-order valence-electron chi connectivity index (χ2n) is 4.54. The third-order valence-corrected chi connectivity index (χ3v) is 3.23. The van der Waals surface area contributed by atoms with Gasteiger partial charge in [-0.15, -0.1) is 0 Å². The molecule has 1 aliphatic rings. The zero-order valence-corrected chi connectivity index (χ0v) is 10.4. The van der Waals surface area contributed by atoms with Gasteiger partial charge in [0.1, 0.15) is 0 Å². The normalized spacial score (nSPS) is 16.4.